The van der Waals surface area contributed by atoms with Gasteiger partial charge in [-0.2, -0.15) is 14.9 Å². The molecule has 0 radical (unpaired) electrons. The molecule has 5 rings (SSSR count). The summed E-state index contributed by atoms with van der Waals surface area (Å²) in [6.45, 7) is 1.88. The quantitative estimate of drug-likeness (QED) is 0.391. The van der Waals surface area contributed by atoms with Gasteiger partial charge in [0.05, 0.1) is 23.9 Å². The van der Waals surface area contributed by atoms with E-state index in [-0.39, 0.29) is 17.6 Å². The highest BCUT2D eigenvalue weighted by atomic mass is 16.3. The zero-order valence-corrected chi connectivity index (χ0v) is 16.5. The van der Waals surface area contributed by atoms with Crippen molar-refractivity contribution in [3.05, 3.63) is 68.5 Å². The summed E-state index contributed by atoms with van der Waals surface area (Å²) in [4.78, 5) is 25.6. The maximum absolute atomic E-state index is 11.4. The second-order valence-electron chi connectivity index (χ2n) is 7.45. The Kier molecular flexibility index (Phi) is 4.29. The van der Waals surface area contributed by atoms with Crippen LogP contribution in [0.25, 0.3) is 11.7 Å². The molecule has 3 heterocycles. The summed E-state index contributed by atoms with van der Waals surface area (Å²) in [5.74, 6) is 0.284. The number of nitriles is 1. The standard InChI is InChI=1S/C21H18N8O2/c1-11-2-3-15(6-12(11)9-22)24-17-8-18(25-14-4-5-14)29-19(27-17)13(10-23-29)7-16-20(30)28-21(31)26-16/h2-3,6-8,10,14,24,30H,4-5H2,1H3,(H2,26,28,31)/b13-7-,25-18?. The molecule has 0 amide bonds. The van der Waals surface area contributed by atoms with Crippen molar-refractivity contribution >= 4 is 23.2 Å². The minimum absolute atomic E-state index is 0.234. The fourth-order valence-corrected chi connectivity index (χ4v) is 3.23. The molecule has 1 aliphatic carbocycles. The number of hydrogen-bond acceptors (Lipinski definition) is 7. The van der Waals surface area contributed by atoms with Crippen LogP contribution in [-0.4, -0.2) is 35.7 Å². The Hall–Kier alpha value is -4.39. The van der Waals surface area contributed by atoms with Crippen LogP contribution >= 0.6 is 0 Å². The fourth-order valence-electron chi connectivity index (χ4n) is 3.23. The van der Waals surface area contributed by atoms with Crippen LogP contribution in [0, 0.1) is 18.3 Å². The van der Waals surface area contributed by atoms with Crippen molar-refractivity contribution in [3.63, 3.8) is 0 Å². The molecule has 3 aromatic heterocycles. The van der Waals surface area contributed by atoms with Crippen molar-refractivity contribution in [2.75, 3.05) is 5.32 Å². The molecule has 154 valence electrons. The van der Waals surface area contributed by atoms with Crippen LogP contribution in [0.15, 0.2) is 40.2 Å². The van der Waals surface area contributed by atoms with E-state index in [1.54, 1.807) is 22.9 Å². The first kappa shape index (κ1) is 18.6. The number of H-pyrrole nitrogens is 2. The molecule has 10 heteroatoms. The number of aromatic nitrogens is 5. The molecule has 0 atom stereocenters. The lowest BCUT2D eigenvalue weighted by atomic mass is 10.1. The summed E-state index contributed by atoms with van der Waals surface area (Å²) in [7, 11) is 0. The van der Waals surface area contributed by atoms with Gasteiger partial charge in [0.2, 0.25) is 5.88 Å². The Morgan fingerprint density at radius 3 is 2.90 bits per heavy atom. The summed E-state index contributed by atoms with van der Waals surface area (Å²) in [6.07, 6.45) is 5.26. The van der Waals surface area contributed by atoms with Crippen molar-refractivity contribution in [2.45, 2.75) is 25.8 Å². The van der Waals surface area contributed by atoms with Crippen LogP contribution in [0.4, 0.5) is 11.5 Å². The minimum Gasteiger partial charge on any atom is -0.493 e. The first-order valence-electron chi connectivity index (χ1n) is 9.73. The van der Waals surface area contributed by atoms with Crippen molar-refractivity contribution in [1.82, 2.24) is 24.6 Å². The zero-order valence-electron chi connectivity index (χ0n) is 16.5. The van der Waals surface area contributed by atoms with E-state index in [1.807, 2.05) is 25.1 Å². The molecule has 1 fully saturated rings. The van der Waals surface area contributed by atoms with Crippen LogP contribution in [0.3, 0.4) is 0 Å². The van der Waals surface area contributed by atoms with Gasteiger partial charge in [-0.1, -0.05) is 6.07 Å². The lowest BCUT2D eigenvalue weighted by Crippen LogP contribution is -2.19. The van der Waals surface area contributed by atoms with Gasteiger partial charge in [-0.3, -0.25) is 9.98 Å². The number of aromatic hydroxyl groups is 1. The molecule has 0 aliphatic heterocycles. The maximum atomic E-state index is 11.4. The number of rotatable bonds is 4. The molecule has 1 aliphatic rings. The lowest BCUT2D eigenvalue weighted by Gasteiger charge is -2.08. The molecule has 1 saturated carbocycles. The first-order chi connectivity index (χ1) is 15.0. The normalized spacial score (nSPS) is 14.8. The Morgan fingerprint density at radius 2 is 2.19 bits per heavy atom. The van der Waals surface area contributed by atoms with Gasteiger partial charge in [-0.15, -0.1) is 0 Å². The summed E-state index contributed by atoms with van der Waals surface area (Å²) in [6, 6.07) is 9.78. The van der Waals surface area contributed by atoms with Crippen LogP contribution in [0.1, 0.15) is 29.7 Å². The van der Waals surface area contributed by atoms with E-state index in [0.717, 1.165) is 24.1 Å². The van der Waals surface area contributed by atoms with Gasteiger partial charge in [0, 0.05) is 17.0 Å². The number of nitrogens with zero attached hydrogens (tertiary/aromatic N) is 5. The van der Waals surface area contributed by atoms with Crippen molar-refractivity contribution in [3.8, 4) is 11.9 Å². The average molecular weight is 414 g/mol. The SMILES string of the molecule is Cc1ccc(Nc2cc(=NC3CC3)n3nc/c(=C/c4[nH]c(=O)[nH]c4O)c3n2)cc1C#N. The predicted molar refractivity (Wildman–Crippen MR) is 113 cm³/mol. The largest absolute Gasteiger partial charge is 0.493 e. The molecule has 4 aromatic rings. The molecule has 4 N–H and O–H groups in total. The number of anilines is 2. The predicted octanol–water partition coefficient (Wildman–Crippen LogP) is 0.986. The number of imidazole rings is 1. The van der Waals surface area contributed by atoms with Crippen molar-refractivity contribution in [2.24, 2.45) is 4.99 Å². The molecular formula is C21H18N8O2. The third-order valence-electron chi connectivity index (χ3n) is 5.01. The van der Waals surface area contributed by atoms with Gasteiger partial charge in [-0.05, 0) is 43.5 Å². The third-order valence-corrected chi connectivity index (χ3v) is 5.01. The highest BCUT2D eigenvalue weighted by molar-refractivity contribution is 5.63. The number of hydrogen-bond donors (Lipinski definition) is 4. The molecule has 0 bridgehead atoms. The van der Waals surface area contributed by atoms with E-state index >= 15 is 0 Å². The second kappa shape index (κ2) is 7.14. The van der Waals surface area contributed by atoms with Gasteiger partial charge < -0.3 is 15.4 Å². The fraction of sp³-hybridized carbons (Fsp3) is 0.190. The van der Waals surface area contributed by atoms with E-state index in [2.05, 4.69) is 31.4 Å². The van der Waals surface area contributed by atoms with Crippen LogP contribution in [-0.2, 0) is 0 Å². The highest BCUT2D eigenvalue weighted by Gasteiger charge is 2.20. The smallest absolute Gasteiger partial charge is 0.326 e. The van der Waals surface area contributed by atoms with Crippen molar-refractivity contribution in [1.29, 1.82) is 5.26 Å². The van der Waals surface area contributed by atoms with E-state index in [4.69, 9.17) is 4.99 Å². The topological polar surface area (TPSA) is 147 Å². The van der Waals surface area contributed by atoms with Crippen LogP contribution < -0.4 is 21.7 Å². The Balaban J connectivity index is 1.66. The lowest BCUT2D eigenvalue weighted by molar-refractivity contribution is 0.454. The summed E-state index contributed by atoms with van der Waals surface area (Å²) in [5, 5.41) is 27.4. The summed E-state index contributed by atoms with van der Waals surface area (Å²) < 4.78 is 1.63. The van der Waals surface area contributed by atoms with E-state index < -0.39 is 5.69 Å². The molecule has 10 nitrogen and oxygen atoms in total. The van der Waals surface area contributed by atoms with E-state index in [9.17, 15) is 15.2 Å². The van der Waals surface area contributed by atoms with Crippen LogP contribution in [0.5, 0.6) is 5.88 Å². The molecular weight excluding hydrogens is 396 g/mol. The molecule has 0 spiro atoms. The molecule has 0 saturated heterocycles. The van der Waals surface area contributed by atoms with Gasteiger partial charge in [0.15, 0.2) is 11.1 Å². The first-order valence-corrected chi connectivity index (χ1v) is 9.73. The summed E-state index contributed by atoms with van der Waals surface area (Å²) in [5.41, 5.74) is 3.10. The number of benzene rings is 1. The molecule has 1 aromatic carbocycles. The molecule has 0 unspecified atom stereocenters. The molecule has 31 heavy (non-hydrogen) atoms. The van der Waals surface area contributed by atoms with Gasteiger partial charge in [0.1, 0.15) is 11.5 Å². The Morgan fingerprint density at radius 1 is 1.35 bits per heavy atom. The van der Waals surface area contributed by atoms with Gasteiger partial charge in [0.25, 0.3) is 0 Å². The maximum Gasteiger partial charge on any atom is 0.326 e. The highest BCUT2D eigenvalue weighted by Crippen LogP contribution is 2.23. The van der Waals surface area contributed by atoms with Gasteiger partial charge in [-0.25, -0.2) is 9.78 Å². The second-order valence-corrected chi connectivity index (χ2v) is 7.45. The van der Waals surface area contributed by atoms with Gasteiger partial charge >= 0.3 is 5.69 Å². The Bertz CT molecular complexity index is 1530. The van der Waals surface area contributed by atoms with E-state index in [1.165, 1.54) is 0 Å². The number of fused-ring (bicyclic) bond motifs is 1. The minimum atomic E-state index is -0.507. The summed E-state index contributed by atoms with van der Waals surface area (Å²) >= 11 is 0. The number of aromatic amines is 2. The van der Waals surface area contributed by atoms with Crippen LogP contribution in [0.2, 0.25) is 0 Å². The monoisotopic (exact) mass is 414 g/mol. The average Bonchev–Trinajstić information content (AvgIpc) is 3.38. The number of nitrogens with one attached hydrogen (secondary N) is 3. The number of aryl methyl sites for hydroxylation is 1. The third kappa shape index (κ3) is 3.64. The van der Waals surface area contributed by atoms with Crippen molar-refractivity contribution < 1.29 is 5.11 Å². The van der Waals surface area contributed by atoms with E-state index in [0.29, 0.717) is 27.7 Å². The Labute approximate surface area is 175 Å². The zero-order chi connectivity index (χ0) is 21.5.